The first-order valence-corrected chi connectivity index (χ1v) is 40.1. The van der Waals surface area contributed by atoms with Crippen molar-refractivity contribution in [3.05, 3.63) is 215 Å². The molecule has 28 nitrogen and oxygen atoms in total. The Morgan fingerprint density at radius 1 is 0.602 bits per heavy atom. The largest absolute Gasteiger partial charge is 0.481 e. The molecule has 35 heteroatoms. The summed E-state index contributed by atoms with van der Waals surface area (Å²) in [6, 6.07) is 40.6. The molecule has 14 rings (SSSR count). The van der Waals surface area contributed by atoms with Crippen LogP contribution in [0.25, 0.3) is 21.8 Å². The highest BCUT2D eigenvalue weighted by Gasteiger charge is 2.34. The van der Waals surface area contributed by atoms with E-state index in [4.69, 9.17) is 21.6 Å². The predicted molar refractivity (Wildman–Crippen MR) is 415 cm³/mol. The molecule has 3 saturated heterocycles. The number of halogens is 2. The molecule has 2 atom stereocenters. The number of sulfonamides is 3. The summed E-state index contributed by atoms with van der Waals surface area (Å²) in [6.45, 7) is 10.8. The van der Waals surface area contributed by atoms with E-state index in [0.29, 0.717) is 73.5 Å². The van der Waals surface area contributed by atoms with Crippen LogP contribution in [-0.2, 0) is 60.6 Å². The number of anilines is 6. The highest BCUT2D eigenvalue weighted by atomic mass is 35.5. The number of nitrogens with zero attached hydrogens (tertiary/aromatic N) is 13. The van der Waals surface area contributed by atoms with Crippen molar-refractivity contribution in [2.45, 2.75) is 61.1 Å². The van der Waals surface area contributed by atoms with E-state index in [0.717, 1.165) is 38.8 Å². The van der Waals surface area contributed by atoms with Gasteiger partial charge in [-0.05, 0) is 179 Å². The second kappa shape index (κ2) is 32.8. The van der Waals surface area contributed by atoms with Gasteiger partial charge in [-0.1, -0.05) is 11.6 Å². The quantitative estimate of drug-likeness (QED) is 0.0677. The average molecular weight is 1580 g/mol. The number of carbonyl (C=O) groups excluding carboxylic acids is 5. The van der Waals surface area contributed by atoms with Gasteiger partial charge >= 0.3 is 0 Å². The normalized spacial score (nSPS) is 14.8. The van der Waals surface area contributed by atoms with Gasteiger partial charge in [-0.2, -0.15) is 5.26 Å². The molecule has 3 aliphatic heterocycles. The molecule has 1 unspecified atom stereocenters. The summed E-state index contributed by atoms with van der Waals surface area (Å²) < 4.78 is 106. The van der Waals surface area contributed by atoms with Crippen LogP contribution >= 0.6 is 34.3 Å². The van der Waals surface area contributed by atoms with Gasteiger partial charge in [-0.25, -0.2) is 49.6 Å². The zero-order valence-electron chi connectivity index (χ0n) is 58.3. The summed E-state index contributed by atoms with van der Waals surface area (Å²) in [7, 11) is -11.3. The van der Waals surface area contributed by atoms with Gasteiger partial charge in [0, 0.05) is 142 Å². The van der Waals surface area contributed by atoms with Crippen LogP contribution in [-0.4, -0.2) is 170 Å². The van der Waals surface area contributed by atoms with E-state index in [1.54, 1.807) is 124 Å². The Morgan fingerprint density at radius 3 is 1.70 bits per heavy atom. The lowest BCUT2D eigenvalue weighted by atomic mass is 10.2. The minimum atomic E-state index is -3.79. The van der Waals surface area contributed by atoms with E-state index in [1.807, 2.05) is 42.4 Å². The number of fused-ring (bicyclic) bond motifs is 2. The molecule has 0 saturated carbocycles. The Hall–Kier alpha value is -11.4. The van der Waals surface area contributed by atoms with Crippen molar-refractivity contribution in [1.29, 1.82) is 5.26 Å². The van der Waals surface area contributed by atoms with Crippen molar-refractivity contribution >= 4 is 149 Å². The third-order valence-electron chi connectivity index (χ3n) is 18.0. The summed E-state index contributed by atoms with van der Waals surface area (Å²) in [6.07, 6.45) is 6.77. The van der Waals surface area contributed by atoms with Crippen LogP contribution in [0.4, 0.5) is 37.5 Å². The molecule has 0 spiro atoms. The summed E-state index contributed by atoms with van der Waals surface area (Å²) >= 11 is 8.32. The van der Waals surface area contributed by atoms with Gasteiger partial charge < -0.3 is 43.3 Å². The second-order valence-electron chi connectivity index (χ2n) is 25.1. The van der Waals surface area contributed by atoms with E-state index < -0.39 is 42.2 Å². The number of piperazine rings is 3. The molecule has 0 radical (unpaired) electrons. The lowest BCUT2D eigenvalue weighted by Crippen LogP contribution is -2.54. The van der Waals surface area contributed by atoms with Gasteiger partial charge in [0.2, 0.25) is 23.6 Å². The van der Waals surface area contributed by atoms with Crippen LogP contribution in [0.5, 0.6) is 5.75 Å². The summed E-state index contributed by atoms with van der Waals surface area (Å²) in [5, 5.41) is 15.2. The van der Waals surface area contributed by atoms with E-state index in [-0.39, 0.29) is 96.6 Å². The molecule has 564 valence electrons. The maximum absolute atomic E-state index is 13.6. The topological polar surface area (TPSA) is 338 Å². The summed E-state index contributed by atoms with van der Waals surface area (Å²) in [5.74, 6) is -0.516. The monoisotopic (exact) mass is 1580 g/mol. The fourth-order valence-electron chi connectivity index (χ4n) is 12.5. The zero-order chi connectivity index (χ0) is 76.6. The molecule has 108 heavy (non-hydrogen) atoms. The fourth-order valence-corrected chi connectivity index (χ4v) is 17.3. The van der Waals surface area contributed by atoms with Crippen molar-refractivity contribution < 1.29 is 62.6 Å². The molecule has 3 fully saturated rings. The number of hydrogen-bond acceptors (Lipinski definition) is 20. The van der Waals surface area contributed by atoms with Crippen molar-refractivity contribution in [2.24, 2.45) is 0 Å². The number of carbonyl (C=O) groups is 5. The number of aryl methyl sites for hydroxylation is 2. The van der Waals surface area contributed by atoms with Gasteiger partial charge in [-0.15, -0.1) is 22.7 Å². The Bertz CT molecular complexity index is 5560. The van der Waals surface area contributed by atoms with E-state index in [2.05, 4.69) is 45.1 Å². The maximum atomic E-state index is 13.6. The van der Waals surface area contributed by atoms with Crippen LogP contribution in [0.1, 0.15) is 41.0 Å². The molecular weight excluding hydrogens is 1510 g/mol. The van der Waals surface area contributed by atoms with Crippen molar-refractivity contribution in [1.82, 2.24) is 43.8 Å². The smallest absolute Gasteiger partial charge is 0.263 e. The van der Waals surface area contributed by atoms with Crippen LogP contribution < -0.4 is 33.6 Å². The molecule has 8 heterocycles. The molecule has 5 aromatic heterocycles. The summed E-state index contributed by atoms with van der Waals surface area (Å²) in [5.41, 5.74) is 5.94. The van der Waals surface area contributed by atoms with Gasteiger partial charge in [0.1, 0.15) is 49.4 Å². The van der Waals surface area contributed by atoms with Crippen LogP contribution in [0.15, 0.2) is 202 Å². The van der Waals surface area contributed by atoms with E-state index >= 15 is 0 Å². The molecule has 11 aromatic rings. The Kier molecular flexibility index (Phi) is 23.2. The SMILES string of the molecule is Cc1cc(Cl)ccc1O[C@@H](C)C(=O)N1CCN(c2ccc(S(=O)(=O)Nc3nccs3)cc2)C(=O)C1.Cc1cc2cc(F)ccc2n1C(C)C(=O)N1CCN(c2ccc(S(=O)(=O)Nc3ccncn3)cc2)CC1.N#Cc1ccc2c(ccn2CC(=O)N2CCN(c3ccc(S(=O)(=O)Nc4nccs4)cc3)C(=O)C2)c1.[HH].[HH].[HH]. The number of thiazole rings is 2. The lowest BCUT2D eigenvalue weighted by Gasteiger charge is -2.37. The van der Waals surface area contributed by atoms with Crippen molar-refractivity contribution in [2.75, 3.05) is 94.3 Å². The standard InChI is InChI=1S/C26H27FN6O3S.C24H20N6O4S2.C23H23ClN4O5S2.3H2/c1-18-15-20-16-21(27)3-8-24(20)33(18)19(2)26(34)32-13-11-31(12-14-32)22-4-6-23(7-5-22)37(35,36)30-25-9-10-28-17-29-25;25-14-17-1-6-21-18(13-17)7-9-28(21)15-22(31)29-10-11-30(23(32)16-29)19-2-4-20(5-3-19)36(33,34)27-24-26-8-12-35-24;1-15-13-17(24)3-8-20(15)33-16(2)22(30)27-10-11-28(21(29)14-27)18-4-6-19(7-5-18)35(31,32)26-23-25-9-12-34-23;;;/h3-10,15-17,19H,11-14H2,1-2H3,(H,28,29,30);1-9,12-13H,10-11,15-16H2,(H,26,27);3-9,12-13,16H,10-11,14H2,1-2H3,(H,25,26);3*1H/t;;16-;;;/m..0.../s1. The molecule has 3 N–H and O–H groups in total. The van der Waals surface area contributed by atoms with Gasteiger partial charge in [0.05, 0.1) is 26.3 Å². The number of benzene rings is 6. The molecule has 0 aliphatic carbocycles. The number of aromatic nitrogens is 6. The third-order valence-corrected chi connectivity index (χ3v) is 23.9. The lowest BCUT2D eigenvalue weighted by molar-refractivity contribution is -0.142. The number of rotatable bonds is 19. The first-order valence-electron chi connectivity index (χ1n) is 33.5. The average Bonchev–Trinajstić information content (AvgIpc) is 1.68. The highest BCUT2D eigenvalue weighted by Crippen LogP contribution is 2.31. The first kappa shape index (κ1) is 76.3. The first-order chi connectivity index (χ1) is 51.7. The fraction of sp³-hybridized carbons (Fsp3) is 0.233. The van der Waals surface area contributed by atoms with Gasteiger partial charge in [0.15, 0.2) is 16.4 Å². The third kappa shape index (κ3) is 17.8. The highest BCUT2D eigenvalue weighted by molar-refractivity contribution is 7.93. The molecule has 0 bridgehead atoms. The minimum absolute atomic E-state index is 0. The Labute approximate surface area is 638 Å². The van der Waals surface area contributed by atoms with Gasteiger partial charge in [0.25, 0.3) is 36.0 Å². The summed E-state index contributed by atoms with van der Waals surface area (Å²) in [4.78, 5) is 90.6. The van der Waals surface area contributed by atoms with Crippen LogP contribution in [0, 0.1) is 31.0 Å². The zero-order valence-corrected chi connectivity index (χ0v) is 63.2. The number of nitrogens with one attached hydrogen (secondary N) is 3. The Balaban J connectivity index is 0.000000189. The Morgan fingerprint density at radius 2 is 1.16 bits per heavy atom. The number of hydrogen-bond donors (Lipinski definition) is 3. The van der Waals surface area contributed by atoms with Gasteiger partial charge in [-0.3, -0.25) is 38.1 Å². The van der Waals surface area contributed by atoms with Crippen molar-refractivity contribution in [3.8, 4) is 11.8 Å². The predicted octanol–water partition coefficient (Wildman–Crippen LogP) is 10.5. The molecule has 3 aliphatic rings. The molecule has 5 amide bonds. The van der Waals surface area contributed by atoms with E-state index in [9.17, 15) is 53.6 Å². The number of amides is 5. The van der Waals surface area contributed by atoms with Crippen LogP contribution in [0.3, 0.4) is 0 Å². The molecule has 6 aromatic carbocycles. The van der Waals surface area contributed by atoms with E-state index in [1.165, 1.54) is 105 Å². The second-order valence-corrected chi connectivity index (χ2v) is 32.4. The molecular formula is C73H76ClFN16O12S5. The van der Waals surface area contributed by atoms with Crippen LogP contribution in [0.2, 0.25) is 5.02 Å². The number of nitriles is 1. The minimum Gasteiger partial charge on any atom is -0.481 e. The number of ether oxygens (including phenoxy) is 1. The maximum Gasteiger partial charge on any atom is 0.263 e. The van der Waals surface area contributed by atoms with Crippen molar-refractivity contribution in [3.63, 3.8) is 0 Å².